The predicted molar refractivity (Wildman–Crippen MR) is 113 cm³/mol. The summed E-state index contributed by atoms with van der Waals surface area (Å²) in [5.41, 5.74) is 2.54. The van der Waals surface area contributed by atoms with Crippen molar-refractivity contribution >= 4 is 23.0 Å². The second-order valence-electron chi connectivity index (χ2n) is 7.72. The summed E-state index contributed by atoms with van der Waals surface area (Å²) in [7, 11) is 0. The molecule has 0 spiro atoms. The second-order valence-corrected chi connectivity index (χ2v) is 7.72. The van der Waals surface area contributed by atoms with E-state index >= 15 is 0 Å². The zero-order chi connectivity index (χ0) is 21.4. The molecule has 2 aromatic heterocycles. The van der Waals surface area contributed by atoms with Gasteiger partial charge in [0.2, 0.25) is 0 Å². The number of carbonyl (C=O) groups is 1. The second kappa shape index (κ2) is 7.86. The van der Waals surface area contributed by atoms with Gasteiger partial charge in [-0.25, -0.2) is 4.39 Å². The Morgan fingerprint density at radius 3 is 2.87 bits per heavy atom. The number of fused-ring (bicyclic) bond motifs is 1. The van der Waals surface area contributed by atoms with Crippen molar-refractivity contribution < 1.29 is 18.1 Å². The van der Waals surface area contributed by atoms with Gasteiger partial charge < -0.3 is 19.2 Å². The minimum atomic E-state index is -0.436. The number of anilines is 1. The number of likely N-dealkylation sites (tertiary alicyclic amines) is 1. The molecule has 1 aliphatic heterocycles. The summed E-state index contributed by atoms with van der Waals surface area (Å²) in [6, 6.07) is 14.5. The van der Waals surface area contributed by atoms with Crippen LogP contribution in [-0.4, -0.2) is 40.6 Å². The summed E-state index contributed by atoms with van der Waals surface area (Å²) >= 11 is 0. The van der Waals surface area contributed by atoms with Crippen molar-refractivity contribution in [3.05, 3.63) is 65.7 Å². The van der Waals surface area contributed by atoms with Crippen LogP contribution in [0.15, 0.2) is 57.5 Å². The lowest BCUT2D eigenvalue weighted by atomic mass is 10.1. The van der Waals surface area contributed by atoms with Crippen LogP contribution in [0.5, 0.6) is 0 Å². The highest BCUT2D eigenvalue weighted by atomic mass is 19.1. The van der Waals surface area contributed by atoms with Gasteiger partial charge >= 0.3 is 0 Å². The molecule has 8 heteroatoms. The SMILES string of the molecule is Cc1onc(-c2ccccc2)c1C(=O)N1CCC(CNc2nc3cccc(F)c3o2)C1. The topological polar surface area (TPSA) is 84.4 Å². The first-order valence-corrected chi connectivity index (χ1v) is 10.2. The molecular weight excluding hydrogens is 399 g/mol. The summed E-state index contributed by atoms with van der Waals surface area (Å²) in [6.07, 6.45) is 0.846. The molecule has 1 fully saturated rings. The number of hydrogen-bond acceptors (Lipinski definition) is 6. The molecule has 0 saturated carbocycles. The first-order chi connectivity index (χ1) is 15.1. The summed E-state index contributed by atoms with van der Waals surface area (Å²) in [5.74, 6) is 0.223. The molecule has 3 heterocycles. The van der Waals surface area contributed by atoms with Crippen LogP contribution in [0, 0.1) is 18.7 Å². The Bertz CT molecular complexity index is 1230. The third-order valence-electron chi connectivity index (χ3n) is 5.61. The number of nitrogens with one attached hydrogen (secondary N) is 1. The fourth-order valence-corrected chi connectivity index (χ4v) is 3.98. The Hall–Kier alpha value is -3.68. The molecule has 0 bridgehead atoms. The lowest BCUT2D eigenvalue weighted by Gasteiger charge is -2.17. The van der Waals surface area contributed by atoms with Gasteiger partial charge in [0.1, 0.15) is 22.5 Å². The van der Waals surface area contributed by atoms with Crippen molar-refractivity contribution in [3.8, 4) is 11.3 Å². The predicted octanol–water partition coefficient (Wildman–Crippen LogP) is 4.50. The first kappa shape index (κ1) is 19.3. The lowest BCUT2D eigenvalue weighted by molar-refractivity contribution is 0.0786. The van der Waals surface area contributed by atoms with E-state index in [0.29, 0.717) is 42.2 Å². The quantitative estimate of drug-likeness (QED) is 0.512. The van der Waals surface area contributed by atoms with Crippen molar-refractivity contribution in [2.24, 2.45) is 5.92 Å². The van der Waals surface area contributed by atoms with Crippen molar-refractivity contribution in [3.63, 3.8) is 0 Å². The monoisotopic (exact) mass is 420 g/mol. The maximum Gasteiger partial charge on any atom is 0.295 e. The highest BCUT2D eigenvalue weighted by Crippen LogP contribution is 2.29. The molecule has 1 N–H and O–H groups in total. The minimum absolute atomic E-state index is 0.0796. The number of aromatic nitrogens is 2. The molecule has 1 unspecified atom stereocenters. The first-order valence-electron chi connectivity index (χ1n) is 10.2. The summed E-state index contributed by atoms with van der Waals surface area (Å²) < 4.78 is 24.6. The van der Waals surface area contributed by atoms with E-state index in [0.717, 1.165) is 12.0 Å². The minimum Gasteiger partial charge on any atom is -0.420 e. The maximum absolute atomic E-state index is 13.8. The molecule has 1 saturated heterocycles. The average molecular weight is 420 g/mol. The Morgan fingerprint density at radius 1 is 1.23 bits per heavy atom. The van der Waals surface area contributed by atoms with Crippen LogP contribution in [0.2, 0.25) is 0 Å². The standard InChI is InChI=1S/C23H21FN4O3/c1-14-19(20(27-31-14)16-6-3-2-4-7-16)22(29)28-11-10-15(13-28)12-25-23-26-18-9-5-8-17(24)21(18)30-23/h2-9,15H,10-13H2,1H3,(H,25,26). The van der Waals surface area contributed by atoms with Gasteiger partial charge in [-0.3, -0.25) is 4.79 Å². The zero-order valence-corrected chi connectivity index (χ0v) is 17.0. The summed E-state index contributed by atoms with van der Waals surface area (Å²) in [4.78, 5) is 19.3. The molecule has 1 amide bonds. The van der Waals surface area contributed by atoms with Gasteiger partial charge in [0.15, 0.2) is 11.4 Å². The molecule has 1 atom stereocenters. The molecule has 0 aliphatic carbocycles. The van der Waals surface area contributed by atoms with Crippen LogP contribution < -0.4 is 5.32 Å². The van der Waals surface area contributed by atoms with Crippen molar-refractivity contribution in [2.45, 2.75) is 13.3 Å². The number of hydrogen-bond donors (Lipinski definition) is 1. The van der Waals surface area contributed by atoms with Crippen LogP contribution in [-0.2, 0) is 0 Å². The summed E-state index contributed by atoms with van der Waals surface area (Å²) in [6.45, 7) is 3.58. The van der Waals surface area contributed by atoms with Gasteiger partial charge in [0.25, 0.3) is 11.9 Å². The molecule has 2 aromatic carbocycles. The van der Waals surface area contributed by atoms with Gasteiger partial charge in [-0.2, -0.15) is 4.98 Å². The fraction of sp³-hybridized carbons (Fsp3) is 0.261. The normalized spacial score (nSPS) is 16.2. The highest BCUT2D eigenvalue weighted by Gasteiger charge is 2.31. The number of amides is 1. The fourth-order valence-electron chi connectivity index (χ4n) is 3.98. The van der Waals surface area contributed by atoms with Gasteiger partial charge in [-0.05, 0) is 31.4 Å². The van der Waals surface area contributed by atoms with Gasteiger partial charge in [-0.1, -0.05) is 41.6 Å². The van der Waals surface area contributed by atoms with E-state index in [4.69, 9.17) is 8.94 Å². The largest absolute Gasteiger partial charge is 0.420 e. The van der Waals surface area contributed by atoms with Crippen LogP contribution in [0.4, 0.5) is 10.4 Å². The maximum atomic E-state index is 13.8. The van der Waals surface area contributed by atoms with Gasteiger partial charge in [0.05, 0.1) is 0 Å². The Kier molecular flexibility index (Phi) is 4.89. The molecule has 1 aliphatic rings. The number of benzene rings is 2. The van der Waals surface area contributed by atoms with Crippen LogP contribution in [0.3, 0.4) is 0 Å². The number of halogens is 1. The summed E-state index contributed by atoms with van der Waals surface area (Å²) in [5, 5.41) is 7.25. The Labute approximate surface area is 177 Å². The number of aryl methyl sites for hydroxylation is 1. The molecule has 158 valence electrons. The van der Waals surface area contributed by atoms with E-state index in [1.807, 2.05) is 35.2 Å². The lowest BCUT2D eigenvalue weighted by Crippen LogP contribution is -2.30. The van der Waals surface area contributed by atoms with Crippen LogP contribution in [0.1, 0.15) is 22.5 Å². The van der Waals surface area contributed by atoms with Crippen molar-refractivity contribution in [2.75, 3.05) is 25.0 Å². The van der Waals surface area contributed by atoms with Gasteiger partial charge in [-0.15, -0.1) is 0 Å². The van der Waals surface area contributed by atoms with Crippen molar-refractivity contribution in [1.29, 1.82) is 0 Å². The van der Waals surface area contributed by atoms with E-state index in [-0.39, 0.29) is 23.4 Å². The van der Waals surface area contributed by atoms with Gasteiger partial charge in [0, 0.05) is 25.2 Å². The van der Waals surface area contributed by atoms with Crippen LogP contribution >= 0.6 is 0 Å². The number of rotatable bonds is 5. The number of para-hydroxylation sites is 1. The van der Waals surface area contributed by atoms with Crippen molar-refractivity contribution in [1.82, 2.24) is 15.0 Å². The van der Waals surface area contributed by atoms with E-state index < -0.39 is 5.82 Å². The third kappa shape index (κ3) is 3.65. The number of nitrogens with zero attached hydrogens (tertiary/aromatic N) is 3. The molecular formula is C23H21FN4O3. The van der Waals surface area contributed by atoms with E-state index in [1.54, 1.807) is 19.1 Å². The molecule has 31 heavy (non-hydrogen) atoms. The molecule has 5 rings (SSSR count). The zero-order valence-electron chi connectivity index (χ0n) is 17.0. The molecule has 0 radical (unpaired) electrons. The average Bonchev–Trinajstić information content (AvgIpc) is 3.51. The van der Waals surface area contributed by atoms with E-state index in [1.165, 1.54) is 6.07 Å². The van der Waals surface area contributed by atoms with E-state index in [2.05, 4.69) is 15.5 Å². The Morgan fingerprint density at radius 2 is 2.06 bits per heavy atom. The van der Waals surface area contributed by atoms with E-state index in [9.17, 15) is 9.18 Å². The molecule has 7 nitrogen and oxygen atoms in total. The highest BCUT2D eigenvalue weighted by molar-refractivity contribution is 6.00. The Balaban J connectivity index is 1.26. The number of carbonyl (C=O) groups excluding carboxylic acids is 1. The number of oxazole rings is 1. The third-order valence-corrected chi connectivity index (χ3v) is 5.61. The smallest absolute Gasteiger partial charge is 0.295 e. The molecule has 4 aromatic rings. The van der Waals surface area contributed by atoms with Crippen LogP contribution in [0.25, 0.3) is 22.4 Å².